The van der Waals surface area contributed by atoms with E-state index < -0.39 is 48.5 Å². The summed E-state index contributed by atoms with van der Waals surface area (Å²) in [4.78, 5) is 71.2. The molecule has 2 aliphatic rings. The second-order valence-corrected chi connectivity index (χ2v) is 24.2. The largest absolute Gasteiger partial charge is 0.494 e. The van der Waals surface area contributed by atoms with Crippen LogP contribution in [-0.4, -0.2) is 139 Å². The van der Waals surface area contributed by atoms with Crippen LogP contribution < -0.4 is 41.5 Å². The molecular formula is C52H66ClN10O9PS. The van der Waals surface area contributed by atoms with E-state index in [1.165, 1.54) is 11.1 Å². The number of aliphatic hydroxyl groups excluding tert-OH is 1. The number of aromatic nitrogens is 3. The Morgan fingerprint density at radius 3 is 2.30 bits per heavy atom. The van der Waals surface area contributed by atoms with E-state index in [0.29, 0.717) is 59.2 Å². The Morgan fingerprint density at radius 1 is 0.932 bits per heavy atom. The third kappa shape index (κ3) is 14.8. The summed E-state index contributed by atoms with van der Waals surface area (Å²) in [6, 6.07) is 19.0. The molecule has 2 fully saturated rings. The fourth-order valence-corrected chi connectivity index (χ4v) is 10.9. The third-order valence-electron chi connectivity index (χ3n) is 12.7. The van der Waals surface area contributed by atoms with Crippen LogP contribution in [0.25, 0.3) is 10.4 Å². The van der Waals surface area contributed by atoms with Crippen LogP contribution in [0.5, 0.6) is 5.75 Å². The highest BCUT2D eigenvalue weighted by Crippen LogP contribution is 2.39. The quantitative estimate of drug-likeness (QED) is 0.0353. The Morgan fingerprint density at radius 2 is 1.64 bits per heavy atom. The lowest BCUT2D eigenvalue weighted by Gasteiger charge is -2.35. The maximum Gasteiger partial charge on any atom is 0.246 e. The number of carbonyl (C=O) groups excluding carboxylic acids is 4. The zero-order valence-electron chi connectivity index (χ0n) is 42.8. The van der Waals surface area contributed by atoms with E-state index in [1.807, 2.05) is 94.4 Å². The van der Waals surface area contributed by atoms with Crippen LogP contribution in [0.2, 0.25) is 5.02 Å². The lowest BCUT2D eigenvalue weighted by Crippen LogP contribution is -2.58. The number of β-amino-alcohol motifs (C(OH)–C–C–N with tert-alkyl or cyclic N) is 1. The highest BCUT2D eigenvalue weighted by Gasteiger charge is 2.44. The van der Waals surface area contributed by atoms with Crippen LogP contribution in [-0.2, 0) is 39.8 Å². The van der Waals surface area contributed by atoms with Crippen molar-refractivity contribution in [1.29, 1.82) is 0 Å². The molecule has 0 saturated carbocycles. The van der Waals surface area contributed by atoms with Crippen molar-refractivity contribution in [3.8, 4) is 16.2 Å². The van der Waals surface area contributed by atoms with E-state index in [9.17, 15) is 28.8 Å². The number of nitrogens with one attached hydrogen (secondary N) is 5. The molecule has 0 spiro atoms. The first-order chi connectivity index (χ1) is 35.3. The number of likely N-dealkylation sites (tertiary alicyclic amines) is 1. The van der Waals surface area contributed by atoms with Gasteiger partial charge in [-0.2, -0.15) is 4.98 Å². The topological polar surface area (TPSA) is 239 Å². The highest BCUT2D eigenvalue weighted by molar-refractivity contribution is 7.70. The molecule has 19 nitrogen and oxygen atoms in total. The van der Waals surface area contributed by atoms with Crippen LogP contribution >= 0.6 is 30.1 Å². The van der Waals surface area contributed by atoms with E-state index in [0.717, 1.165) is 27.4 Å². The van der Waals surface area contributed by atoms with Crippen LogP contribution in [0.4, 0.5) is 28.8 Å². The number of nitrogens with zero attached hydrogens (tertiary/aromatic N) is 5. The molecule has 7 rings (SSSR count). The number of methoxy groups -OCH3 is 1. The molecule has 2 aromatic heterocycles. The molecule has 2 aliphatic heterocycles. The van der Waals surface area contributed by atoms with Crippen molar-refractivity contribution < 1.29 is 43.1 Å². The van der Waals surface area contributed by atoms with Crippen molar-refractivity contribution in [1.82, 2.24) is 35.8 Å². The minimum atomic E-state index is -2.59. The number of amides is 4. The molecule has 4 heterocycles. The number of thiazole rings is 1. The maximum absolute atomic E-state index is 14.0. The number of hydrogen-bond acceptors (Lipinski definition) is 16. The monoisotopic (exact) mass is 1070 g/mol. The molecular weight excluding hydrogens is 1010 g/mol. The molecule has 4 amide bonds. The van der Waals surface area contributed by atoms with Gasteiger partial charge in [-0.25, -0.2) is 9.97 Å². The number of aliphatic hydroxyl groups is 1. The second-order valence-electron chi connectivity index (χ2n) is 19.8. The highest BCUT2D eigenvalue weighted by atomic mass is 35.5. The zero-order chi connectivity index (χ0) is 53.2. The standard InChI is InChI=1S/C52H66ClN10O9PS/c1-32-46(74-31-56-32)34-14-12-33(13-15-34)26-54-49(67)41-25-37(64)28-63(41)50(68)47(52(2,3)4)60-45(66)30-72-23-22-71-29-44(65)57-35-18-20-62(21-19-35)36-16-17-39(42(24-36)70-5)59-51-55-27-38(53)48(61-51)58-40-10-8-9-11-43(40)73(6,7)69/h8-17,24,27,31,35,37,41,47,64H,18-23,25-26,28-30H2,1-7H3,(H,54,67)(H,57,65)(H,60,66)(H2,55,58,59,61)/t37-,41+,47-/m1/s1. The van der Waals surface area contributed by atoms with Gasteiger partial charge in [-0.1, -0.05) is 68.8 Å². The normalized spacial score (nSPS) is 16.6. The van der Waals surface area contributed by atoms with E-state index in [4.69, 9.17) is 25.8 Å². The summed E-state index contributed by atoms with van der Waals surface area (Å²) in [6.45, 7) is 11.9. The number of piperidine rings is 1. The van der Waals surface area contributed by atoms with Gasteiger partial charge in [0.2, 0.25) is 29.6 Å². The van der Waals surface area contributed by atoms with Gasteiger partial charge in [0.1, 0.15) is 43.2 Å². The van der Waals surface area contributed by atoms with E-state index >= 15 is 0 Å². The van der Waals surface area contributed by atoms with Gasteiger partial charge in [0, 0.05) is 55.7 Å². The van der Waals surface area contributed by atoms with E-state index in [1.54, 1.807) is 37.3 Å². The van der Waals surface area contributed by atoms with Crippen LogP contribution in [0.1, 0.15) is 51.3 Å². The van der Waals surface area contributed by atoms with Crippen LogP contribution in [0, 0.1) is 12.3 Å². The summed E-state index contributed by atoms with van der Waals surface area (Å²) < 4.78 is 29.8. The van der Waals surface area contributed by atoms with E-state index in [2.05, 4.69) is 46.4 Å². The molecule has 0 unspecified atom stereocenters. The van der Waals surface area contributed by atoms with Crippen molar-refractivity contribution in [2.75, 3.05) is 82.0 Å². The molecule has 0 aliphatic carbocycles. The summed E-state index contributed by atoms with van der Waals surface area (Å²) in [5, 5.41) is 26.7. The van der Waals surface area contributed by atoms with Crippen molar-refractivity contribution in [2.24, 2.45) is 5.41 Å². The number of hydrogen-bond donors (Lipinski definition) is 6. The number of para-hydroxylation sites is 1. The number of ether oxygens (including phenoxy) is 3. The van der Waals surface area contributed by atoms with Crippen molar-refractivity contribution in [3.63, 3.8) is 0 Å². The Balaban J connectivity index is 0.802. The van der Waals surface area contributed by atoms with Gasteiger partial charge in [-0.05, 0) is 73.9 Å². The fraction of sp³-hybridized carbons (Fsp3) is 0.442. The Bertz CT molecular complexity index is 2820. The fourth-order valence-electron chi connectivity index (χ4n) is 8.77. The first kappa shape index (κ1) is 55.6. The predicted molar refractivity (Wildman–Crippen MR) is 289 cm³/mol. The molecule has 0 bridgehead atoms. The number of aryl methyl sites for hydroxylation is 1. The van der Waals surface area contributed by atoms with Gasteiger partial charge in [-0.15, -0.1) is 11.3 Å². The Labute approximate surface area is 440 Å². The summed E-state index contributed by atoms with van der Waals surface area (Å²) in [6.07, 6.45) is 2.09. The number of benzene rings is 3. The molecule has 0 radical (unpaired) electrons. The molecule has 74 heavy (non-hydrogen) atoms. The lowest BCUT2D eigenvalue weighted by molar-refractivity contribution is -0.144. The SMILES string of the molecule is COc1cc(N2CCC(NC(=O)COCCOCC(=O)N[C@H](C(=O)N3C[C@H](O)C[C@H]3C(=O)NCc3ccc(-c4scnc4C)cc3)C(C)(C)C)CC2)ccc1Nc1ncc(Cl)c(Nc2ccccc2P(C)(C)=O)n1. The predicted octanol–water partition coefficient (Wildman–Crippen LogP) is 6.23. The van der Waals surface area contributed by atoms with Crippen LogP contribution in [0.15, 0.2) is 78.4 Å². The summed E-state index contributed by atoms with van der Waals surface area (Å²) >= 11 is 8.03. The smallest absolute Gasteiger partial charge is 0.246 e. The molecule has 3 aromatic carbocycles. The minimum absolute atomic E-state index is 0.0300. The maximum atomic E-state index is 14.0. The lowest BCUT2D eigenvalue weighted by atomic mass is 9.85. The number of halogens is 1. The summed E-state index contributed by atoms with van der Waals surface area (Å²) in [5.41, 5.74) is 6.18. The van der Waals surface area contributed by atoms with Crippen molar-refractivity contribution in [3.05, 3.63) is 94.7 Å². The first-order valence-corrected chi connectivity index (χ1v) is 28.3. The summed E-state index contributed by atoms with van der Waals surface area (Å²) in [7, 11) is -1.00. The van der Waals surface area contributed by atoms with Gasteiger partial charge in [0.25, 0.3) is 0 Å². The number of carbonyl (C=O) groups is 4. The van der Waals surface area contributed by atoms with Gasteiger partial charge in [-0.3, -0.25) is 19.2 Å². The second kappa shape index (κ2) is 24.9. The average molecular weight is 1070 g/mol. The molecule has 6 N–H and O–H groups in total. The Hall–Kier alpha value is -6.15. The molecule has 5 aromatic rings. The Kier molecular flexibility index (Phi) is 18.7. The van der Waals surface area contributed by atoms with Gasteiger partial charge < -0.3 is 60.3 Å². The molecule has 3 atom stereocenters. The number of rotatable bonds is 21. The zero-order valence-corrected chi connectivity index (χ0v) is 45.2. The molecule has 396 valence electrons. The van der Waals surface area contributed by atoms with Gasteiger partial charge in [0.15, 0.2) is 5.82 Å². The van der Waals surface area contributed by atoms with Crippen molar-refractivity contribution >= 4 is 87.8 Å². The molecule has 2 saturated heterocycles. The van der Waals surface area contributed by atoms with Gasteiger partial charge >= 0.3 is 0 Å². The minimum Gasteiger partial charge on any atom is -0.494 e. The average Bonchev–Trinajstić information content (AvgIpc) is 3.99. The number of anilines is 5. The summed E-state index contributed by atoms with van der Waals surface area (Å²) in [5.74, 6) is -0.450. The van der Waals surface area contributed by atoms with Gasteiger partial charge in [0.05, 0.1) is 60.1 Å². The van der Waals surface area contributed by atoms with Crippen LogP contribution in [0.3, 0.4) is 0 Å². The third-order valence-corrected chi connectivity index (χ3v) is 15.5. The van der Waals surface area contributed by atoms with Crippen molar-refractivity contribution in [2.45, 2.75) is 77.7 Å². The first-order valence-electron chi connectivity index (χ1n) is 24.4. The van der Waals surface area contributed by atoms with E-state index in [-0.39, 0.29) is 63.8 Å². The molecule has 22 heteroatoms.